The molecule has 1 heterocycles. The minimum absolute atomic E-state index is 0.192. The standard InChI is InChI=1S/C7H10N2O2S/c1-5-6(12(3)11)4-8-9(2)7(5)10/h4H,1-3H3. The molecule has 0 N–H and O–H groups in total. The molecule has 0 amide bonds. The lowest BCUT2D eigenvalue weighted by Crippen LogP contribution is -2.23. The summed E-state index contributed by atoms with van der Waals surface area (Å²) < 4.78 is 12.3. The molecule has 12 heavy (non-hydrogen) atoms. The van der Waals surface area contributed by atoms with E-state index in [2.05, 4.69) is 5.10 Å². The van der Waals surface area contributed by atoms with E-state index in [1.165, 1.54) is 17.1 Å². The smallest absolute Gasteiger partial charge is 0.267 e. The van der Waals surface area contributed by atoms with Crippen molar-refractivity contribution in [3.05, 3.63) is 22.1 Å². The Morgan fingerprint density at radius 1 is 1.58 bits per heavy atom. The molecule has 0 aliphatic heterocycles. The van der Waals surface area contributed by atoms with Crippen molar-refractivity contribution in [2.45, 2.75) is 11.8 Å². The van der Waals surface area contributed by atoms with Gasteiger partial charge in [0.2, 0.25) is 0 Å². The van der Waals surface area contributed by atoms with Crippen LogP contribution in [0.3, 0.4) is 0 Å². The fraction of sp³-hybridized carbons (Fsp3) is 0.429. The van der Waals surface area contributed by atoms with Crippen molar-refractivity contribution in [2.75, 3.05) is 6.26 Å². The first-order valence-corrected chi connectivity index (χ1v) is 4.96. The Bertz CT molecular complexity index is 383. The maximum Gasteiger partial charge on any atom is 0.270 e. The van der Waals surface area contributed by atoms with Crippen LogP contribution in [0.2, 0.25) is 0 Å². The van der Waals surface area contributed by atoms with Crippen molar-refractivity contribution in [3.63, 3.8) is 0 Å². The summed E-state index contributed by atoms with van der Waals surface area (Å²) in [5.74, 6) is 0. The van der Waals surface area contributed by atoms with E-state index in [0.717, 1.165) is 0 Å². The van der Waals surface area contributed by atoms with Gasteiger partial charge in [0.15, 0.2) is 0 Å². The van der Waals surface area contributed by atoms with Gasteiger partial charge in [-0.3, -0.25) is 9.00 Å². The minimum Gasteiger partial charge on any atom is -0.267 e. The third kappa shape index (κ3) is 1.45. The molecule has 0 aliphatic rings. The Morgan fingerprint density at radius 2 is 2.17 bits per heavy atom. The number of hydrogen-bond acceptors (Lipinski definition) is 3. The topological polar surface area (TPSA) is 52.0 Å². The summed E-state index contributed by atoms with van der Waals surface area (Å²) in [5.41, 5.74) is 0.316. The number of aromatic nitrogens is 2. The number of rotatable bonds is 1. The van der Waals surface area contributed by atoms with Crippen molar-refractivity contribution < 1.29 is 4.21 Å². The van der Waals surface area contributed by atoms with Crippen molar-refractivity contribution >= 4 is 10.8 Å². The van der Waals surface area contributed by atoms with Crippen LogP contribution in [-0.4, -0.2) is 20.2 Å². The van der Waals surface area contributed by atoms with E-state index in [1.54, 1.807) is 14.0 Å². The summed E-state index contributed by atoms with van der Waals surface area (Å²) in [6.07, 6.45) is 3.00. The maximum atomic E-state index is 11.3. The molecule has 4 nitrogen and oxygen atoms in total. The van der Waals surface area contributed by atoms with Crippen LogP contribution in [0.5, 0.6) is 0 Å². The SMILES string of the molecule is Cc1c(S(C)=O)cnn(C)c1=O. The van der Waals surface area contributed by atoms with Crippen LogP contribution < -0.4 is 5.56 Å². The lowest BCUT2D eigenvalue weighted by molar-refractivity contribution is 0.670. The van der Waals surface area contributed by atoms with Crippen LogP contribution in [0, 0.1) is 6.92 Å². The fourth-order valence-electron chi connectivity index (χ4n) is 0.926. The highest BCUT2D eigenvalue weighted by molar-refractivity contribution is 7.84. The van der Waals surface area contributed by atoms with Crippen LogP contribution in [0.4, 0.5) is 0 Å². The lowest BCUT2D eigenvalue weighted by atomic mass is 10.3. The van der Waals surface area contributed by atoms with Gasteiger partial charge in [0, 0.05) is 18.9 Å². The number of aryl methyl sites for hydroxylation is 1. The summed E-state index contributed by atoms with van der Waals surface area (Å²) >= 11 is 0. The van der Waals surface area contributed by atoms with Crippen molar-refractivity contribution in [1.82, 2.24) is 9.78 Å². The largest absolute Gasteiger partial charge is 0.270 e. The highest BCUT2D eigenvalue weighted by Crippen LogP contribution is 2.03. The zero-order chi connectivity index (χ0) is 9.30. The van der Waals surface area contributed by atoms with Gasteiger partial charge < -0.3 is 0 Å². The molecule has 0 fully saturated rings. The second kappa shape index (κ2) is 3.18. The predicted molar refractivity (Wildman–Crippen MR) is 46.5 cm³/mol. The highest BCUT2D eigenvalue weighted by Gasteiger charge is 2.07. The zero-order valence-electron chi connectivity index (χ0n) is 7.20. The van der Waals surface area contributed by atoms with Crippen LogP contribution in [0.15, 0.2) is 15.9 Å². The van der Waals surface area contributed by atoms with Crippen LogP contribution in [-0.2, 0) is 17.8 Å². The first-order chi connectivity index (χ1) is 5.54. The quantitative estimate of drug-likeness (QED) is 0.611. The Hall–Kier alpha value is -0.970. The van der Waals surface area contributed by atoms with E-state index in [9.17, 15) is 9.00 Å². The van der Waals surface area contributed by atoms with Crippen LogP contribution in [0.25, 0.3) is 0 Å². The average Bonchev–Trinajstić information content (AvgIpc) is 2.00. The normalized spacial score (nSPS) is 12.9. The lowest BCUT2D eigenvalue weighted by Gasteiger charge is -2.01. The molecule has 0 saturated heterocycles. The van der Waals surface area contributed by atoms with E-state index >= 15 is 0 Å². The van der Waals surface area contributed by atoms with Crippen LogP contribution >= 0.6 is 0 Å². The summed E-state index contributed by atoms with van der Waals surface area (Å²) in [6, 6.07) is 0. The van der Waals surface area contributed by atoms with Crippen molar-refractivity contribution in [1.29, 1.82) is 0 Å². The molecular weight excluding hydrogens is 176 g/mol. The van der Waals surface area contributed by atoms with E-state index in [-0.39, 0.29) is 5.56 Å². The van der Waals surface area contributed by atoms with Gasteiger partial charge >= 0.3 is 0 Å². The van der Waals surface area contributed by atoms with E-state index in [1.807, 2.05) is 0 Å². The highest BCUT2D eigenvalue weighted by atomic mass is 32.2. The molecule has 0 bridgehead atoms. The zero-order valence-corrected chi connectivity index (χ0v) is 8.01. The molecule has 1 aromatic rings. The summed E-state index contributed by atoms with van der Waals surface area (Å²) in [6.45, 7) is 1.65. The molecule has 0 aromatic carbocycles. The molecule has 5 heteroatoms. The maximum absolute atomic E-state index is 11.3. The van der Waals surface area contributed by atoms with Crippen molar-refractivity contribution in [3.8, 4) is 0 Å². The first-order valence-electron chi connectivity index (χ1n) is 3.40. The number of hydrogen-bond donors (Lipinski definition) is 0. The molecule has 0 aliphatic carbocycles. The Labute approximate surface area is 72.7 Å². The Balaban J connectivity index is 3.47. The van der Waals surface area contributed by atoms with Gasteiger partial charge in [-0.2, -0.15) is 5.10 Å². The third-order valence-corrected chi connectivity index (χ3v) is 2.67. The molecular formula is C7H10N2O2S. The molecule has 0 radical (unpaired) electrons. The Kier molecular flexibility index (Phi) is 2.42. The molecule has 0 saturated carbocycles. The third-order valence-electron chi connectivity index (χ3n) is 1.64. The molecule has 1 aromatic heterocycles. The van der Waals surface area contributed by atoms with Gasteiger partial charge in [0.05, 0.1) is 21.9 Å². The molecule has 1 rings (SSSR count). The van der Waals surface area contributed by atoms with Crippen LogP contribution in [0.1, 0.15) is 5.56 Å². The van der Waals surface area contributed by atoms with Gasteiger partial charge in [-0.25, -0.2) is 4.68 Å². The van der Waals surface area contributed by atoms with E-state index in [4.69, 9.17) is 0 Å². The molecule has 1 atom stereocenters. The van der Waals surface area contributed by atoms with Gasteiger partial charge in [0.1, 0.15) is 0 Å². The summed E-state index contributed by atoms with van der Waals surface area (Å²) in [7, 11) is 0.432. The Morgan fingerprint density at radius 3 is 2.67 bits per heavy atom. The fourth-order valence-corrected chi connectivity index (χ4v) is 1.64. The molecule has 66 valence electrons. The van der Waals surface area contributed by atoms with Gasteiger partial charge in [-0.1, -0.05) is 0 Å². The van der Waals surface area contributed by atoms with E-state index in [0.29, 0.717) is 10.5 Å². The second-order valence-electron chi connectivity index (χ2n) is 2.52. The minimum atomic E-state index is -1.13. The van der Waals surface area contributed by atoms with Gasteiger partial charge in [0.25, 0.3) is 5.56 Å². The molecule has 1 unspecified atom stereocenters. The summed E-state index contributed by atoms with van der Waals surface area (Å²) in [5, 5.41) is 3.77. The first kappa shape index (κ1) is 9.12. The monoisotopic (exact) mass is 186 g/mol. The second-order valence-corrected chi connectivity index (χ2v) is 3.86. The van der Waals surface area contributed by atoms with Gasteiger partial charge in [-0.05, 0) is 6.92 Å². The van der Waals surface area contributed by atoms with E-state index < -0.39 is 10.8 Å². The predicted octanol–water partition coefficient (Wildman–Crippen LogP) is -0.174. The number of nitrogens with zero attached hydrogens (tertiary/aromatic N) is 2. The summed E-state index contributed by atoms with van der Waals surface area (Å²) in [4.78, 5) is 11.8. The van der Waals surface area contributed by atoms with Gasteiger partial charge in [-0.15, -0.1) is 0 Å². The average molecular weight is 186 g/mol. The van der Waals surface area contributed by atoms with Crippen molar-refractivity contribution in [2.24, 2.45) is 7.05 Å². The molecule has 0 spiro atoms.